The number of hydrogen-bond acceptors (Lipinski definition) is 2. The summed E-state index contributed by atoms with van der Waals surface area (Å²) in [5, 5.41) is 6.31. The Labute approximate surface area is 115 Å². The average Bonchev–Trinajstić information content (AvgIpc) is 2.95. The highest BCUT2D eigenvalue weighted by Gasteiger charge is 2.17. The summed E-state index contributed by atoms with van der Waals surface area (Å²) in [5.74, 6) is 0. The van der Waals surface area contributed by atoms with Crippen molar-refractivity contribution in [1.29, 1.82) is 0 Å². The minimum Gasteiger partial charge on any atom is -0.325 e. The number of likely N-dealkylation sites (tertiary alicyclic amines) is 1. The summed E-state index contributed by atoms with van der Waals surface area (Å²) in [7, 11) is 0. The number of hydrogen-bond donors (Lipinski definition) is 2. The Balaban J connectivity index is 1.82. The van der Waals surface area contributed by atoms with Crippen molar-refractivity contribution in [3.05, 3.63) is 29.8 Å². The fraction of sp³-hybridized carbons (Fsp3) is 0.533. The molecule has 2 amide bonds. The van der Waals surface area contributed by atoms with Crippen LogP contribution >= 0.6 is 0 Å². The molecule has 1 saturated heterocycles. The van der Waals surface area contributed by atoms with Crippen LogP contribution in [0.1, 0.15) is 31.7 Å². The molecule has 0 atom stereocenters. The molecule has 1 aromatic carbocycles. The molecule has 1 aliphatic heterocycles. The van der Waals surface area contributed by atoms with Gasteiger partial charge in [-0.2, -0.15) is 0 Å². The van der Waals surface area contributed by atoms with E-state index in [0.717, 1.165) is 51.1 Å². The molecule has 19 heavy (non-hydrogen) atoms. The van der Waals surface area contributed by atoms with E-state index in [4.69, 9.17) is 0 Å². The van der Waals surface area contributed by atoms with Crippen LogP contribution in [0.15, 0.2) is 24.3 Å². The predicted octanol–water partition coefficient (Wildman–Crippen LogP) is 2.81. The number of nitrogens with one attached hydrogen (secondary N) is 2. The van der Waals surface area contributed by atoms with Gasteiger partial charge < -0.3 is 15.5 Å². The SMILES string of the molecule is CCCNCc1ccc(NC(=O)N2CCCC2)cc1. The first-order valence-electron chi connectivity index (χ1n) is 7.15. The third-order valence-electron chi connectivity index (χ3n) is 3.35. The molecule has 1 heterocycles. The number of carbonyl (C=O) groups excluding carboxylic acids is 1. The zero-order chi connectivity index (χ0) is 13.5. The van der Waals surface area contributed by atoms with Gasteiger partial charge in [0.05, 0.1) is 0 Å². The summed E-state index contributed by atoms with van der Waals surface area (Å²) in [6.45, 7) is 5.83. The second kappa shape index (κ2) is 7.14. The molecule has 2 rings (SSSR count). The molecule has 0 aromatic heterocycles. The minimum atomic E-state index is 0.0226. The van der Waals surface area contributed by atoms with Gasteiger partial charge in [-0.15, -0.1) is 0 Å². The maximum Gasteiger partial charge on any atom is 0.321 e. The molecule has 0 saturated carbocycles. The Hall–Kier alpha value is -1.55. The van der Waals surface area contributed by atoms with Gasteiger partial charge in [0.15, 0.2) is 0 Å². The molecule has 0 aliphatic carbocycles. The van der Waals surface area contributed by atoms with Gasteiger partial charge in [-0.05, 0) is 43.5 Å². The summed E-state index contributed by atoms with van der Waals surface area (Å²) in [6.07, 6.45) is 3.38. The van der Waals surface area contributed by atoms with Crippen LogP contribution < -0.4 is 10.6 Å². The first-order chi connectivity index (χ1) is 9.29. The molecule has 2 N–H and O–H groups in total. The van der Waals surface area contributed by atoms with Gasteiger partial charge in [0.1, 0.15) is 0 Å². The van der Waals surface area contributed by atoms with E-state index in [9.17, 15) is 4.79 Å². The van der Waals surface area contributed by atoms with Crippen LogP contribution in [-0.4, -0.2) is 30.6 Å². The molecule has 0 radical (unpaired) electrons. The quantitative estimate of drug-likeness (QED) is 0.801. The van der Waals surface area contributed by atoms with Crippen LogP contribution in [0.2, 0.25) is 0 Å². The van der Waals surface area contributed by atoms with E-state index in [0.29, 0.717) is 0 Å². The second-order valence-corrected chi connectivity index (χ2v) is 5.00. The molecule has 1 aliphatic rings. The lowest BCUT2D eigenvalue weighted by atomic mass is 10.2. The van der Waals surface area contributed by atoms with Gasteiger partial charge in [-0.3, -0.25) is 0 Å². The minimum absolute atomic E-state index is 0.0226. The van der Waals surface area contributed by atoms with Gasteiger partial charge in [-0.25, -0.2) is 4.79 Å². The van der Waals surface area contributed by atoms with E-state index in [1.54, 1.807) is 0 Å². The number of carbonyl (C=O) groups is 1. The normalized spacial score (nSPS) is 14.7. The molecule has 1 fully saturated rings. The maximum absolute atomic E-state index is 11.9. The molecule has 0 bridgehead atoms. The predicted molar refractivity (Wildman–Crippen MR) is 78.3 cm³/mol. The molecule has 0 unspecified atom stereocenters. The fourth-order valence-corrected chi connectivity index (χ4v) is 2.24. The lowest BCUT2D eigenvalue weighted by Gasteiger charge is -2.16. The van der Waals surface area contributed by atoms with E-state index >= 15 is 0 Å². The van der Waals surface area contributed by atoms with Gasteiger partial charge in [0, 0.05) is 25.3 Å². The number of amides is 2. The number of nitrogens with zero attached hydrogens (tertiary/aromatic N) is 1. The summed E-state index contributed by atoms with van der Waals surface area (Å²) in [5.41, 5.74) is 2.11. The lowest BCUT2D eigenvalue weighted by Crippen LogP contribution is -2.32. The third kappa shape index (κ3) is 4.24. The maximum atomic E-state index is 11.9. The molecular formula is C15H23N3O. The second-order valence-electron chi connectivity index (χ2n) is 5.00. The van der Waals surface area contributed by atoms with Crippen LogP contribution in [-0.2, 0) is 6.54 Å². The lowest BCUT2D eigenvalue weighted by molar-refractivity contribution is 0.222. The smallest absolute Gasteiger partial charge is 0.321 e. The standard InChI is InChI=1S/C15H23N3O/c1-2-9-16-12-13-5-7-14(8-6-13)17-15(19)18-10-3-4-11-18/h5-8,16H,2-4,9-12H2,1H3,(H,17,19). The van der Waals surface area contributed by atoms with Crippen molar-refractivity contribution in [1.82, 2.24) is 10.2 Å². The van der Waals surface area contributed by atoms with E-state index in [2.05, 4.69) is 29.7 Å². The van der Waals surface area contributed by atoms with Crippen LogP contribution in [0.5, 0.6) is 0 Å². The van der Waals surface area contributed by atoms with Crippen molar-refractivity contribution in [3.8, 4) is 0 Å². The highest BCUT2D eigenvalue weighted by atomic mass is 16.2. The summed E-state index contributed by atoms with van der Waals surface area (Å²) in [4.78, 5) is 13.8. The fourth-order valence-electron chi connectivity index (χ4n) is 2.24. The zero-order valence-corrected chi connectivity index (χ0v) is 11.6. The average molecular weight is 261 g/mol. The van der Waals surface area contributed by atoms with Crippen molar-refractivity contribution >= 4 is 11.7 Å². The first kappa shape index (κ1) is 13.9. The van der Waals surface area contributed by atoms with E-state index in [-0.39, 0.29) is 6.03 Å². The topological polar surface area (TPSA) is 44.4 Å². The summed E-state index contributed by atoms with van der Waals surface area (Å²) in [6, 6.07) is 8.08. The number of anilines is 1. The van der Waals surface area contributed by atoms with Crippen molar-refractivity contribution in [3.63, 3.8) is 0 Å². The van der Waals surface area contributed by atoms with Crippen LogP contribution in [0.4, 0.5) is 10.5 Å². The Morgan fingerprint density at radius 2 is 1.89 bits per heavy atom. The highest BCUT2D eigenvalue weighted by molar-refractivity contribution is 5.89. The highest BCUT2D eigenvalue weighted by Crippen LogP contribution is 2.13. The monoisotopic (exact) mass is 261 g/mol. The van der Waals surface area contributed by atoms with E-state index in [1.165, 1.54) is 5.56 Å². The van der Waals surface area contributed by atoms with Gasteiger partial charge in [0.2, 0.25) is 0 Å². The Morgan fingerprint density at radius 3 is 2.53 bits per heavy atom. The summed E-state index contributed by atoms with van der Waals surface area (Å²) < 4.78 is 0. The number of benzene rings is 1. The van der Waals surface area contributed by atoms with Gasteiger partial charge in [0.25, 0.3) is 0 Å². The van der Waals surface area contributed by atoms with Gasteiger partial charge >= 0.3 is 6.03 Å². The van der Waals surface area contributed by atoms with Crippen LogP contribution in [0, 0.1) is 0 Å². The Kier molecular flexibility index (Phi) is 5.21. The zero-order valence-electron chi connectivity index (χ0n) is 11.6. The van der Waals surface area contributed by atoms with Crippen molar-refractivity contribution in [2.75, 3.05) is 25.0 Å². The Bertz CT molecular complexity index is 396. The number of urea groups is 1. The molecule has 1 aromatic rings. The Morgan fingerprint density at radius 1 is 1.21 bits per heavy atom. The summed E-state index contributed by atoms with van der Waals surface area (Å²) >= 11 is 0. The third-order valence-corrected chi connectivity index (χ3v) is 3.35. The molecule has 4 nitrogen and oxygen atoms in total. The van der Waals surface area contributed by atoms with Crippen LogP contribution in [0.3, 0.4) is 0 Å². The molecule has 0 spiro atoms. The van der Waals surface area contributed by atoms with Crippen molar-refractivity contribution in [2.24, 2.45) is 0 Å². The largest absolute Gasteiger partial charge is 0.325 e. The van der Waals surface area contributed by atoms with E-state index < -0.39 is 0 Å². The van der Waals surface area contributed by atoms with Gasteiger partial charge in [-0.1, -0.05) is 19.1 Å². The molecular weight excluding hydrogens is 238 g/mol. The van der Waals surface area contributed by atoms with Crippen molar-refractivity contribution < 1.29 is 4.79 Å². The molecule has 104 valence electrons. The molecule has 4 heteroatoms. The first-order valence-corrected chi connectivity index (χ1v) is 7.15. The van der Waals surface area contributed by atoms with E-state index in [1.807, 2.05) is 17.0 Å². The van der Waals surface area contributed by atoms with Crippen LogP contribution in [0.25, 0.3) is 0 Å². The van der Waals surface area contributed by atoms with Crippen molar-refractivity contribution in [2.45, 2.75) is 32.7 Å². The number of rotatable bonds is 5.